The number of carbonyl (C=O) groups is 1. The Morgan fingerprint density at radius 1 is 1.69 bits per heavy atom. The van der Waals surface area contributed by atoms with E-state index in [4.69, 9.17) is 5.26 Å². The first-order chi connectivity index (χ1) is 6.02. The maximum Gasteiger partial charge on any atom is 0.359 e. The number of carbonyl (C=O) groups excluding carboxylic acids is 1. The zero-order valence-electron chi connectivity index (χ0n) is 8.13. The van der Waals surface area contributed by atoms with Crippen LogP contribution >= 0.6 is 0 Å². The van der Waals surface area contributed by atoms with E-state index in [-0.39, 0.29) is 6.61 Å². The largest absolute Gasteiger partial charge is 0.463 e. The standard InChI is InChI=1S/C9H14FNO2/c1-4-7(3)9(10,6-11)8(12)13-5-2/h7H,4-5H2,1-3H3/t7-,9-/m0/s1. The summed E-state index contributed by atoms with van der Waals surface area (Å²) in [6, 6.07) is 1.37. The summed E-state index contributed by atoms with van der Waals surface area (Å²) in [6.45, 7) is 4.89. The lowest BCUT2D eigenvalue weighted by atomic mass is 9.90. The molecule has 0 radical (unpaired) electrons. The van der Waals surface area contributed by atoms with Gasteiger partial charge < -0.3 is 4.74 Å². The van der Waals surface area contributed by atoms with E-state index in [0.29, 0.717) is 6.42 Å². The van der Waals surface area contributed by atoms with Gasteiger partial charge in [0, 0.05) is 5.92 Å². The molecule has 0 saturated carbocycles. The molecule has 0 rings (SSSR count). The predicted molar refractivity (Wildman–Crippen MR) is 45.5 cm³/mol. The normalized spacial score (nSPS) is 16.8. The van der Waals surface area contributed by atoms with E-state index in [1.54, 1.807) is 13.8 Å². The molecule has 0 aromatic carbocycles. The first-order valence-electron chi connectivity index (χ1n) is 4.30. The van der Waals surface area contributed by atoms with Crippen LogP contribution in [0.2, 0.25) is 0 Å². The maximum atomic E-state index is 13.7. The molecule has 0 aromatic rings. The summed E-state index contributed by atoms with van der Waals surface area (Å²) >= 11 is 0. The fraction of sp³-hybridized carbons (Fsp3) is 0.778. The Morgan fingerprint density at radius 3 is 2.54 bits per heavy atom. The van der Waals surface area contributed by atoms with E-state index >= 15 is 0 Å². The zero-order valence-corrected chi connectivity index (χ0v) is 8.13. The molecule has 0 saturated heterocycles. The van der Waals surface area contributed by atoms with Crippen LogP contribution in [0.1, 0.15) is 27.2 Å². The number of hydrogen-bond donors (Lipinski definition) is 0. The Labute approximate surface area is 77.5 Å². The van der Waals surface area contributed by atoms with Crippen molar-refractivity contribution in [3.05, 3.63) is 0 Å². The van der Waals surface area contributed by atoms with Crippen molar-refractivity contribution >= 4 is 5.97 Å². The second-order valence-corrected chi connectivity index (χ2v) is 2.85. The van der Waals surface area contributed by atoms with Crippen molar-refractivity contribution in [1.29, 1.82) is 5.26 Å². The Kier molecular flexibility index (Phi) is 4.39. The second-order valence-electron chi connectivity index (χ2n) is 2.85. The molecule has 0 aliphatic heterocycles. The van der Waals surface area contributed by atoms with Gasteiger partial charge in [-0.05, 0) is 13.3 Å². The minimum absolute atomic E-state index is 0.0859. The molecule has 3 nitrogen and oxygen atoms in total. The van der Waals surface area contributed by atoms with Crippen LogP contribution in [0, 0.1) is 17.2 Å². The summed E-state index contributed by atoms with van der Waals surface area (Å²) in [7, 11) is 0. The van der Waals surface area contributed by atoms with Crippen molar-refractivity contribution in [1.82, 2.24) is 0 Å². The summed E-state index contributed by atoms with van der Waals surface area (Å²) in [4.78, 5) is 11.1. The van der Waals surface area contributed by atoms with Crippen molar-refractivity contribution in [2.75, 3.05) is 6.61 Å². The number of rotatable bonds is 4. The van der Waals surface area contributed by atoms with Crippen LogP contribution in [0.15, 0.2) is 0 Å². The van der Waals surface area contributed by atoms with Crippen molar-refractivity contribution < 1.29 is 13.9 Å². The number of alkyl halides is 1. The van der Waals surface area contributed by atoms with Crippen LogP contribution in [-0.4, -0.2) is 18.2 Å². The zero-order chi connectivity index (χ0) is 10.5. The first kappa shape index (κ1) is 11.9. The van der Waals surface area contributed by atoms with E-state index in [2.05, 4.69) is 4.74 Å². The highest BCUT2D eigenvalue weighted by atomic mass is 19.1. The lowest BCUT2D eigenvalue weighted by molar-refractivity contribution is -0.156. The molecule has 0 fully saturated rings. The number of nitriles is 1. The molecule has 0 aromatic heterocycles. The minimum atomic E-state index is -2.50. The topological polar surface area (TPSA) is 50.1 Å². The molecule has 74 valence electrons. The average Bonchev–Trinajstić information content (AvgIpc) is 2.15. The molecule has 0 unspecified atom stereocenters. The predicted octanol–water partition coefficient (Wildman–Crippen LogP) is 1.83. The quantitative estimate of drug-likeness (QED) is 0.631. The lowest BCUT2D eigenvalue weighted by Gasteiger charge is -2.21. The van der Waals surface area contributed by atoms with Crippen LogP contribution in [0.4, 0.5) is 4.39 Å². The van der Waals surface area contributed by atoms with Crippen LogP contribution < -0.4 is 0 Å². The van der Waals surface area contributed by atoms with Gasteiger partial charge in [-0.25, -0.2) is 9.18 Å². The molecule has 0 aliphatic carbocycles. The SMILES string of the molecule is CCOC(=O)[C@](F)(C#N)[C@@H](C)CC. The van der Waals surface area contributed by atoms with E-state index < -0.39 is 17.6 Å². The molecule has 0 aliphatic rings. The Hall–Kier alpha value is -1.11. The third-order valence-electron chi connectivity index (χ3n) is 2.03. The van der Waals surface area contributed by atoms with Gasteiger partial charge in [0.05, 0.1) is 6.61 Å². The van der Waals surface area contributed by atoms with Crippen LogP contribution in [0.3, 0.4) is 0 Å². The highest BCUT2D eigenvalue weighted by Crippen LogP contribution is 2.25. The summed E-state index contributed by atoms with van der Waals surface area (Å²) in [5.41, 5.74) is -2.50. The molecule has 0 heterocycles. The van der Waals surface area contributed by atoms with E-state index in [9.17, 15) is 9.18 Å². The van der Waals surface area contributed by atoms with Gasteiger partial charge in [0.1, 0.15) is 6.07 Å². The van der Waals surface area contributed by atoms with Crippen molar-refractivity contribution in [3.8, 4) is 6.07 Å². The smallest absolute Gasteiger partial charge is 0.359 e. The van der Waals surface area contributed by atoms with Gasteiger partial charge >= 0.3 is 5.97 Å². The third-order valence-corrected chi connectivity index (χ3v) is 2.03. The monoisotopic (exact) mass is 187 g/mol. The molecule has 0 amide bonds. The van der Waals surface area contributed by atoms with E-state index in [0.717, 1.165) is 0 Å². The Balaban J connectivity index is 4.64. The molecule has 0 spiro atoms. The summed E-state index contributed by atoms with van der Waals surface area (Å²) < 4.78 is 18.1. The number of ether oxygens (including phenoxy) is 1. The minimum Gasteiger partial charge on any atom is -0.463 e. The second kappa shape index (κ2) is 4.80. The summed E-state index contributed by atoms with van der Waals surface area (Å²) in [5, 5.41) is 8.56. The molecule has 0 bridgehead atoms. The van der Waals surface area contributed by atoms with Gasteiger partial charge in [0.2, 0.25) is 0 Å². The summed E-state index contributed by atoms with van der Waals surface area (Å²) in [6.07, 6.45) is 0.420. The van der Waals surface area contributed by atoms with Gasteiger partial charge in [-0.15, -0.1) is 0 Å². The number of esters is 1. The van der Waals surface area contributed by atoms with Crippen LogP contribution in [0.5, 0.6) is 0 Å². The van der Waals surface area contributed by atoms with Gasteiger partial charge in [0.15, 0.2) is 0 Å². The van der Waals surface area contributed by atoms with Crippen molar-refractivity contribution in [2.24, 2.45) is 5.92 Å². The molecule has 2 atom stereocenters. The molecule has 0 N–H and O–H groups in total. The number of hydrogen-bond acceptors (Lipinski definition) is 3. The first-order valence-corrected chi connectivity index (χ1v) is 4.30. The molecule has 4 heteroatoms. The Bertz CT molecular complexity index is 224. The number of halogens is 1. The molecular formula is C9H14FNO2. The maximum absolute atomic E-state index is 13.7. The number of nitrogens with zero attached hydrogens (tertiary/aromatic N) is 1. The van der Waals surface area contributed by atoms with Gasteiger partial charge in [-0.3, -0.25) is 0 Å². The lowest BCUT2D eigenvalue weighted by Crippen LogP contribution is -2.40. The Morgan fingerprint density at radius 2 is 2.23 bits per heavy atom. The molecule has 13 heavy (non-hydrogen) atoms. The van der Waals surface area contributed by atoms with Gasteiger partial charge in [0.25, 0.3) is 5.67 Å². The highest BCUT2D eigenvalue weighted by molar-refractivity contribution is 5.83. The molecular weight excluding hydrogens is 173 g/mol. The fourth-order valence-electron chi connectivity index (χ4n) is 0.874. The van der Waals surface area contributed by atoms with Crippen LogP contribution in [0.25, 0.3) is 0 Å². The van der Waals surface area contributed by atoms with E-state index in [1.165, 1.54) is 13.0 Å². The van der Waals surface area contributed by atoms with Gasteiger partial charge in [-0.1, -0.05) is 13.8 Å². The average molecular weight is 187 g/mol. The third kappa shape index (κ3) is 2.41. The van der Waals surface area contributed by atoms with E-state index in [1.807, 2.05) is 0 Å². The highest BCUT2D eigenvalue weighted by Gasteiger charge is 2.45. The van der Waals surface area contributed by atoms with Gasteiger partial charge in [-0.2, -0.15) is 5.26 Å². The van der Waals surface area contributed by atoms with Crippen molar-refractivity contribution in [2.45, 2.75) is 32.9 Å². The van der Waals surface area contributed by atoms with Crippen molar-refractivity contribution in [3.63, 3.8) is 0 Å². The summed E-state index contributed by atoms with van der Waals surface area (Å²) in [5.74, 6) is -1.72. The fourth-order valence-corrected chi connectivity index (χ4v) is 0.874. The van der Waals surface area contributed by atoms with Crippen LogP contribution in [-0.2, 0) is 9.53 Å².